The summed E-state index contributed by atoms with van der Waals surface area (Å²) in [4.78, 5) is 9.24. The molecular weight excluding hydrogens is 506 g/mol. The molecule has 2 aromatic rings. The van der Waals surface area contributed by atoms with E-state index in [-0.39, 0.29) is 42.0 Å². The molecule has 2 aliphatic heterocycles. The summed E-state index contributed by atoms with van der Waals surface area (Å²) in [5.74, 6) is 1.28. The molecule has 2 saturated heterocycles. The van der Waals surface area contributed by atoms with Gasteiger partial charge in [-0.1, -0.05) is 30.3 Å². The summed E-state index contributed by atoms with van der Waals surface area (Å²) in [6, 6.07) is 17.2. The van der Waals surface area contributed by atoms with Crippen molar-refractivity contribution in [1.82, 2.24) is 10.2 Å². The Hall–Kier alpha value is -1.87. The largest absolute Gasteiger partial charge is 0.371 e. The molecule has 168 valence electrons. The van der Waals surface area contributed by atoms with Gasteiger partial charge < -0.3 is 19.9 Å². The van der Waals surface area contributed by atoms with Crippen LogP contribution in [0.1, 0.15) is 25.0 Å². The quantitative estimate of drug-likeness (QED) is 0.358. The van der Waals surface area contributed by atoms with Crippen LogP contribution in [0.2, 0.25) is 0 Å². The standard InChI is InChI=1S/C24H31FN4O.HI/c1-18-15-29(17-23(30-18)20-8-10-21(25)11-9-20)24(26-2)27-14-19-12-13-28(16-19)22-6-4-3-5-7-22;/h3-11,18-19,23H,12-17H2,1-2H3,(H,26,27);1H. The van der Waals surface area contributed by atoms with E-state index in [1.807, 2.05) is 19.2 Å². The molecule has 0 aromatic heterocycles. The summed E-state index contributed by atoms with van der Waals surface area (Å²) >= 11 is 0. The Balaban J connectivity index is 0.00000272. The van der Waals surface area contributed by atoms with E-state index in [1.54, 1.807) is 0 Å². The molecule has 0 radical (unpaired) electrons. The van der Waals surface area contributed by atoms with E-state index in [4.69, 9.17) is 4.74 Å². The highest BCUT2D eigenvalue weighted by molar-refractivity contribution is 14.0. The number of guanidine groups is 1. The van der Waals surface area contributed by atoms with E-state index < -0.39 is 0 Å². The maximum Gasteiger partial charge on any atom is 0.193 e. The molecule has 2 heterocycles. The number of aliphatic imine (C=N–C) groups is 1. The third-order valence-electron chi connectivity index (χ3n) is 5.97. The topological polar surface area (TPSA) is 40.1 Å². The first-order valence-electron chi connectivity index (χ1n) is 10.8. The maximum absolute atomic E-state index is 13.3. The van der Waals surface area contributed by atoms with E-state index in [9.17, 15) is 4.39 Å². The number of benzene rings is 2. The highest BCUT2D eigenvalue weighted by atomic mass is 127. The molecule has 0 aliphatic carbocycles. The first-order valence-corrected chi connectivity index (χ1v) is 10.8. The Morgan fingerprint density at radius 3 is 2.55 bits per heavy atom. The molecule has 2 fully saturated rings. The van der Waals surface area contributed by atoms with Crippen molar-refractivity contribution in [3.63, 3.8) is 0 Å². The van der Waals surface area contributed by atoms with Crippen molar-refractivity contribution >= 4 is 35.6 Å². The van der Waals surface area contributed by atoms with Crippen LogP contribution in [0.25, 0.3) is 0 Å². The van der Waals surface area contributed by atoms with Gasteiger partial charge in [-0.15, -0.1) is 24.0 Å². The SMILES string of the molecule is CN=C(NCC1CCN(c2ccccc2)C1)N1CC(C)OC(c2ccc(F)cc2)C1.I. The van der Waals surface area contributed by atoms with E-state index in [1.165, 1.54) is 24.2 Å². The van der Waals surface area contributed by atoms with Gasteiger partial charge in [-0.2, -0.15) is 0 Å². The van der Waals surface area contributed by atoms with Gasteiger partial charge in [0.05, 0.1) is 12.6 Å². The van der Waals surface area contributed by atoms with E-state index in [2.05, 4.69) is 57.4 Å². The molecule has 0 spiro atoms. The van der Waals surface area contributed by atoms with E-state index in [0.29, 0.717) is 12.5 Å². The minimum atomic E-state index is -0.224. The van der Waals surface area contributed by atoms with Crippen molar-refractivity contribution in [3.8, 4) is 0 Å². The van der Waals surface area contributed by atoms with Crippen molar-refractivity contribution in [2.24, 2.45) is 10.9 Å². The number of morpholine rings is 1. The van der Waals surface area contributed by atoms with Crippen molar-refractivity contribution in [1.29, 1.82) is 0 Å². The number of halogens is 2. The summed E-state index contributed by atoms with van der Waals surface area (Å²) in [5, 5.41) is 3.59. The van der Waals surface area contributed by atoms with Crippen LogP contribution < -0.4 is 10.2 Å². The first kappa shape index (κ1) is 23.8. The average molecular weight is 538 g/mol. The summed E-state index contributed by atoms with van der Waals surface area (Å²) < 4.78 is 19.4. The summed E-state index contributed by atoms with van der Waals surface area (Å²) in [7, 11) is 1.83. The highest BCUT2D eigenvalue weighted by Gasteiger charge is 2.29. The summed E-state index contributed by atoms with van der Waals surface area (Å²) in [6.07, 6.45) is 1.16. The smallest absolute Gasteiger partial charge is 0.193 e. The van der Waals surface area contributed by atoms with Crippen molar-refractivity contribution in [2.75, 3.05) is 44.7 Å². The van der Waals surface area contributed by atoms with E-state index in [0.717, 1.165) is 37.7 Å². The second kappa shape index (κ2) is 11.1. The molecule has 3 unspecified atom stereocenters. The van der Waals surface area contributed by atoms with Gasteiger partial charge in [-0.3, -0.25) is 4.99 Å². The fourth-order valence-electron chi connectivity index (χ4n) is 4.43. The zero-order valence-corrected chi connectivity index (χ0v) is 20.5. The van der Waals surface area contributed by atoms with E-state index >= 15 is 0 Å². The molecule has 2 aromatic carbocycles. The minimum absolute atomic E-state index is 0. The maximum atomic E-state index is 13.3. The number of hydrogen-bond acceptors (Lipinski definition) is 3. The molecule has 5 nitrogen and oxygen atoms in total. The van der Waals surface area contributed by atoms with Gasteiger partial charge in [-0.05, 0) is 49.1 Å². The van der Waals surface area contributed by atoms with Gasteiger partial charge in [0.1, 0.15) is 11.9 Å². The number of rotatable bonds is 4. The third-order valence-corrected chi connectivity index (χ3v) is 5.97. The van der Waals surface area contributed by atoms with Gasteiger partial charge >= 0.3 is 0 Å². The third kappa shape index (κ3) is 6.10. The van der Waals surface area contributed by atoms with Crippen LogP contribution in [0.15, 0.2) is 59.6 Å². The second-order valence-corrected chi connectivity index (χ2v) is 8.26. The van der Waals surface area contributed by atoms with Crippen molar-refractivity contribution < 1.29 is 9.13 Å². The van der Waals surface area contributed by atoms with Crippen LogP contribution in [-0.4, -0.2) is 56.7 Å². The van der Waals surface area contributed by atoms with Gasteiger partial charge in [-0.25, -0.2) is 4.39 Å². The Kier molecular flexibility index (Phi) is 8.54. The predicted octanol–water partition coefficient (Wildman–Crippen LogP) is 4.31. The zero-order valence-electron chi connectivity index (χ0n) is 18.2. The van der Waals surface area contributed by atoms with Gasteiger partial charge in [0.2, 0.25) is 0 Å². The molecule has 0 amide bonds. The number of nitrogens with zero attached hydrogens (tertiary/aromatic N) is 3. The molecular formula is C24H32FIN4O. The van der Waals surface area contributed by atoms with Crippen molar-refractivity contribution in [2.45, 2.75) is 25.6 Å². The molecule has 4 rings (SSSR count). The lowest BCUT2D eigenvalue weighted by Gasteiger charge is -2.39. The fraction of sp³-hybridized carbons (Fsp3) is 0.458. The molecule has 2 aliphatic rings. The van der Waals surface area contributed by atoms with Crippen LogP contribution in [0.5, 0.6) is 0 Å². The molecule has 7 heteroatoms. The molecule has 0 saturated carbocycles. The van der Waals surface area contributed by atoms with Crippen LogP contribution in [0.4, 0.5) is 10.1 Å². The molecule has 31 heavy (non-hydrogen) atoms. The number of nitrogens with one attached hydrogen (secondary N) is 1. The fourth-order valence-corrected chi connectivity index (χ4v) is 4.43. The second-order valence-electron chi connectivity index (χ2n) is 8.26. The number of para-hydroxylation sites is 1. The Labute approximate surface area is 201 Å². The van der Waals surface area contributed by atoms with Crippen LogP contribution in [0, 0.1) is 11.7 Å². The van der Waals surface area contributed by atoms with Crippen LogP contribution in [0.3, 0.4) is 0 Å². The Morgan fingerprint density at radius 2 is 1.84 bits per heavy atom. The minimum Gasteiger partial charge on any atom is -0.371 e. The van der Waals surface area contributed by atoms with Crippen LogP contribution in [-0.2, 0) is 4.74 Å². The molecule has 1 N–H and O–H groups in total. The zero-order chi connectivity index (χ0) is 20.9. The molecule has 0 bridgehead atoms. The summed E-state index contributed by atoms with van der Waals surface area (Å²) in [6.45, 7) is 6.63. The van der Waals surface area contributed by atoms with Gasteiger partial charge in [0.25, 0.3) is 0 Å². The lowest BCUT2D eigenvalue weighted by Crippen LogP contribution is -2.51. The Bertz CT molecular complexity index is 848. The lowest BCUT2D eigenvalue weighted by molar-refractivity contribution is -0.0605. The first-order chi connectivity index (χ1) is 14.6. The van der Waals surface area contributed by atoms with Crippen molar-refractivity contribution in [3.05, 3.63) is 66.0 Å². The number of ether oxygens (including phenoxy) is 1. The van der Waals surface area contributed by atoms with Crippen LogP contribution >= 0.6 is 24.0 Å². The lowest BCUT2D eigenvalue weighted by atomic mass is 10.1. The average Bonchev–Trinajstić information content (AvgIpc) is 3.24. The van der Waals surface area contributed by atoms with Gasteiger partial charge in [0.15, 0.2) is 5.96 Å². The predicted molar refractivity (Wildman–Crippen MR) is 135 cm³/mol. The Morgan fingerprint density at radius 1 is 1.10 bits per heavy atom. The molecule has 3 atom stereocenters. The highest BCUT2D eigenvalue weighted by Crippen LogP contribution is 2.26. The number of anilines is 1. The summed E-state index contributed by atoms with van der Waals surface area (Å²) in [5.41, 5.74) is 2.30. The number of hydrogen-bond donors (Lipinski definition) is 1. The van der Waals surface area contributed by atoms with Gasteiger partial charge in [0, 0.05) is 38.9 Å². The normalized spacial score (nSPS) is 24.1. The monoisotopic (exact) mass is 538 g/mol.